The maximum atomic E-state index is 13.5. The zero-order valence-corrected chi connectivity index (χ0v) is 22.9. The minimum Gasteiger partial charge on any atom is -0.481 e. The number of unbranched alkanes of at least 4 members (excludes halogenated alkanes) is 1. The lowest BCUT2D eigenvalue weighted by Gasteiger charge is -2.30. The van der Waals surface area contributed by atoms with Gasteiger partial charge in [0.15, 0.2) is 11.5 Å². The van der Waals surface area contributed by atoms with E-state index in [1.54, 1.807) is 17.0 Å². The molecule has 0 unspecified atom stereocenters. The minimum atomic E-state index is -1.05. The molecule has 3 aliphatic rings. The Bertz CT molecular complexity index is 1090. The van der Waals surface area contributed by atoms with Gasteiger partial charge in [-0.1, -0.05) is 13.3 Å². The summed E-state index contributed by atoms with van der Waals surface area (Å²) in [4.78, 5) is 55.5. The molecule has 0 aromatic heterocycles. The number of imide groups is 1. The predicted octanol–water partition coefficient (Wildman–Crippen LogP) is 0.926. The number of benzene rings is 1. The number of fused-ring (bicyclic) bond motifs is 1. The molecule has 0 radical (unpaired) electrons. The van der Waals surface area contributed by atoms with Crippen molar-refractivity contribution >= 4 is 23.7 Å². The van der Waals surface area contributed by atoms with Crippen LogP contribution in [0.15, 0.2) is 12.1 Å². The first-order valence-electron chi connectivity index (χ1n) is 14.0. The van der Waals surface area contributed by atoms with Crippen LogP contribution < -0.4 is 9.47 Å². The molecule has 0 spiro atoms. The van der Waals surface area contributed by atoms with Gasteiger partial charge in [0.05, 0.1) is 19.1 Å². The third kappa shape index (κ3) is 6.39. The molecule has 1 aromatic carbocycles. The van der Waals surface area contributed by atoms with E-state index in [1.807, 2.05) is 11.8 Å². The van der Waals surface area contributed by atoms with E-state index in [0.29, 0.717) is 42.1 Å². The number of amides is 3. The molecule has 220 valence electrons. The van der Waals surface area contributed by atoms with Gasteiger partial charge in [0.25, 0.3) is 0 Å². The molecule has 12 nitrogen and oxygen atoms in total. The highest BCUT2D eigenvalue weighted by Crippen LogP contribution is 2.44. The first kappa shape index (κ1) is 29.8. The molecule has 3 atom stereocenters. The molecule has 40 heavy (non-hydrogen) atoms. The number of hydrogen-bond acceptors (Lipinski definition) is 9. The van der Waals surface area contributed by atoms with Crippen LogP contribution in [0.25, 0.3) is 0 Å². The van der Waals surface area contributed by atoms with Crippen molar-refractivity contribution in [1.82, 2.24) is 14.7 Å². The van der Waals surface area contributed by atoms with Crippen molar-refractivity contribution in [1.29, 1.82) is 0 Å². The third-order valence-corrected chi connectivity index (χ3v) is 8.07. The summed E-state index contributed by atoms with van der Waals surface area (Å²) in [5, 5.41) is 29.7. The summed E-state index contributed by atoms with van der Waals surface area (Å²) in [5.41, 5.74) is 1.14. The number of aliphatic hydroxyl groups excluding tert-OH is 2. The summed E-state index contributed by atoms with van der Waals surface area (Å²) in [7, 11) is 0. The average Bonchev–Trinajstić information content (AvgIpc) is 3.64. The molecule has 2 saturated heterocycles. The number of likely N-dealkylation sites (tertiary alicyclic amines) is 2. The minimum absolute atomic E-state index is 0.00138. The van der Waals surface area contributed by atoms with Gasteiger partial charge in [-0.3, -0.25) is 29.0 Å². The van der Waals surface area contributed by atoms with E-state index < -0.39 is 23.8 Å². The van der Waals surface area contributed by atoms with E-state index in [9.17, 15) is 34.5 Å². The Morgan fingerprint density at radius 1 is 1.07 bits per heavy atom. The molecule has 3 N–H and O–H groups in total. The SMILES string of the molecule is CCCCN(CCCO)C(=O)CN1C[C@H](c2cc(CO)c3c(c2)OCO3)[C@@H](C(=O)O)[C@@H]1CCN1C(=O)CCC1=O. The Hall–Kier alpha value is -3.22. The molecule has 0 aliphatic carbocycles. The molecular weight excluding hydrogens is 522 g/mol. The van der Waals surface area contributed by atoms with Crippen LogP contribution in [0.1, 0.15) is 62.5 Å². The fourth-order valence-corrected chi connectivity index (χ4v) is 6.01. The van der Waals surface area contributed by atoms with E-state index in [2.05, 4.69) is 0 Å². The molecule has 3 amide bonds. The van der Waals surface area contributed by atoms with Crippen molar-refractivity contribution in [2.24, 2.45) is 5.92 Å². The normalized spacial score (nSPS) is 22.4. The Balaban J connectivity index is 1.63. The summed E-state index contributed by atoms with van der Waals surface area (Å²) in [6, 6.07) is 2.83. The lowest BCUT2D eigenvalue weighted by atomic mass is 9.83. The number of carbonyl (C=O) groups is 4. The Labute approximate surface area is 233 Å². The summed E-state index contributed by atoms with van der Waals surface area (Å²) >= 11 is 0. The largest absolute Gasteiger partial charge is 0.481 e. The van der Waals surface area contributed by atoms with Crippen LogP contribution in [0.2, 0.25) is 0 Å². The summed E-state index contributed by atoms with van der Waals surface area (Å²) < 4.78 is 11.0. The van der Waals surface area contributed by atoms with Gasteiger partial charge in [-0.25, -0.2) is 0 Å². The van der Waals surface area contributed by atoms with Crippen LogP contribution >= 0.6 is 0 Å². The number of aliphatic hydroxyl groups is 2. The maximum absolute atomic E-state index is 13.5. The topological polar surface area (TPSA) is 157 Å². The van der Waals surface area contributed by atoms with Crippen molar-refractivity contribution in [3.05, 3.63) is 23.3 Å². The highest BCUT2D eigenvalue weighted by atomic mass is 16.7. The second-order valence-corrected chi connectivity index (χ2v) is 10.6. The lowest BCUT2D eigenvalue weighted by molar-refractivity contribution is -0.144. The number of hydrogen-bond donors (Lipinski definition) is 3. The number of rotatable bonds is 14. The second kappa shape index (κ2) is 13.4. The molecule has 0 bridgehead atoms. The van der Waals surface area contributed by atoms with E-state index >= 15 is 0 Å². The standard InChI is InChI=1S/C28H39N3O9/c1-2-3-8-29(9-4-11-32)25(36)15-30-14-20(18-12-19(16-33)27-22(13-18)39-17-40-27)26(28(37)38)21(30)7-10-31-23(34)5-6-24(31)35/h12-13,20-21,26,32-33H,2-11,14-17H2,1H3,(H,37,38)/t20-,21+,26-/m1/s1. The van der Waals surface area contributed by atoms with Crippen molar-refractivity contribution in [2.75, 3.05) is 46.1 Å². The van der Waals surface area contributed by atoms with Gasteiger partial charge in [0.2, 0.25) is 24.5 Å². The molecular formula is C28H39N3O9. The number of carboxylic acids is 1. The Morgan fingerprint density at radius 3 is 2.45 bits per heavy atom. The highest BCUT2D eigenvalue weighted by Gasteiger charge is 2.48. The van der Waals surface area contributed by atoms with Crippen LogP contribution in [0, 0.1) is 5.92 Å². The van der Waals surface area contributed by atoms with Crippen LogP contribution in [-0.4, -0.2) is 106 Å². The van der Waals surface area contributed by atoms with E-state index in [0.717, 1.165) is 12.8 Å². The molecule has 1 aromatic rings. The van der Waals surface area contributed by atoms with Crippen molar-refractivity contribution in [3.63, 3.8) is 0 Å². The molecule has 2 fully saturated rings. The number of ether oxygens (including phenoxy) is 2. The van der Waals surface area contributed by atoms with Crippen molar-refractivity contribution in [3.8, 4) is 11.5 Å². The zero-order chi connectivity index (χ0) is 28.8. The van der Waals surface area contributed by atoms with Crippen molar-refractivity contribution < 1.29 is 44.0 Å². The van der Waals surface area contributed by atoms with Crippen LogP contribution in [0.4, 0.5) is 0 Å². The van der Waals surface area contributed by atoms with Gasteiger partial charge in [-0.15, -0.1) is 0 Å². The molecule has 0 saturated carbocycles. The smallest absolute Gasteiger partial charge is 0.308 e. The summed E-state index contributed by atoms with van der Waals surface area (Å²) in [6.45, 7) is 2.92. The van der Waals surface area contributed by atoms with Gasteiger partial charge < -0.3 is 29.7 Å². The third-order valence-electron chi connectivity index (χ3n) is 8.07. The van der Waals surface area contributed by atoms with Crippen LogP contribution in [0.3, 0.4) is 0 Å². The zero-order valence-electron chi connectivity index (χ0n) is 22.9. The lowest BCUT2D eigenvalue weighted by Crippen LogP contribution is -2.46. The fraction of sp³-hybridized carbons (Fsp3) is 0.643. The van der Waals surface area contributed by atoms with Gasteiger partial charge in [0.1, 0.15) is 0 Å². The fourth-order valence-electron chi connectivity index (χ4n) is 6.01. The van der Waals surface area contributed by atoms with Crippen molar-refractivity contribution in [2.45, 2.75) is 64.0 Å². The van der Waals surface area contributed by atoms with Gasteiger partial charge in [0, 0.05) is 63.2 Å². The van der Waals surface area contributed by atoms with E-state index in [1.165, 1.54) is 4.90 Å². The predicted molar refractivity (Wildman–Crippen MR) is 141 cm³/mol. The molecule has 12 heteroatoms. The van der Waals surface area contributed by atoms with E-state index in [4.69, 9.17) is 9.47 Å². The van der Waals surface area contributed by atoms with Gasteiger partial charge >= 0.3 is 5.97 Å². The van der Waals surface area contributed by atoms with Gasteiger partial charge in [-0.05, 0) is 37.0 Å². The molecule has 4 rings (SSSR count). The molecule has 3 heterocycles. The highest BCUT2D eigenvalue weighted by molar-refractivity contribution is 6.01. The molecule has 3 aliphatic heterocycles. The second-order valence-electron chi connectivity index (χ2n) is 10.6. The maximum Gasteiger partial charge on any atom is 0.308 e. The number of nitrogens with zero attached hydrogens (tertiary/aromatic N) is 3. The summed E-state index contributed by atoms with van der Waals surface area (Å²) in [6.07, 6.45) is 2.65. The first-order chi connectivity index (χ1) is 19.3. The Kier molecular flexibility index (Phi) is 9.99. The number of carbonyl (C=O) groups excluding carboxylic acids is 3. The van der Waals surface area contributed by atoms with Gasteiger partial charge in [-0.2, -0.15) is 0 Å². The average molecular weight is 562 g/mol. The first-order valence-corrected chi connectivity index (χ1v) is 14.0. The number of aliphatic carboxylic acids is 1. The number of carboxylic acid groups (broad SMARTS) is 1. The van der Waals surface area contributed by atoms with E-state index in [-0.39, 0.29) is 76.6 Å². The van der Waals surface area contributed by atoms with Crippen LogP contribution in [0.5, 0.6) is 11.5 Å². The monoisotopic (exact) mass is 561 g/mol. The quantitative estimate of drug-likeness (QED) is 0.279. The summed E-state index contributed by atoms with van der Waals surface area (Å²) in [5.74, 6) is -2.36. The Morgan fingerprint density at radius 2 is 1.80 bits per heavy atom. The van der Waals surface area contributed by atoms with Crippen LogP contribution in [-0.2, 0) is 25.8 Å².